The largest absolute Gasteiger partial charge is 0.490 e. The van der Waals surface area contributed by atoms with E-state index in [1.54, 1.807) is 17.0 Å². The Hall–Kier alpha value is -2.57. The summed E-state index contributed by atoms with van der Waals surface area (Å²) in [5.41, 5.74) is 0.214. The zero-order valence-corrected chi connectivity index (χ0v) is 16.1. The maximum Gasteiger partial charge on any atom is 0.410 e. The van der Waals surface area contributed by atoms with Crippen LogP contribution in [0.1, 0.15) is 40.0 Å². The molecule has 0 radical (unpaired) electrons. The van der Waals surface area contributed by atoms with Gasteiger partial charge in [0.2, 0.25) is 5.91 Å². The fourth-order valence-corrected chi connectivity index (χ4v) is 3.20. The van der Waals surface area contributed by atoms with E-state index in [1.165, 1.54) is 4.90 Å². The van der Waals surface area contributed by atoms with Crippen LogP contribution >= 0.6 is 0 Å². The van der Waals surface area contributed by atoms with Crippen LogP contribution in [0.2, 0.25) is 0 Å². The molecule has 2 fully saturated rings. The third-order valence-electron chi connectivity index (χ3n) is 4.53. The molecule has 2 aliphatic rings. The van der Waals surface area contributed by atoms with Crippen molar-refractivity contribution >= 4 is 23.5 Å². The van der Waals surface area contributed by atoms with Crippen LogP contribution in [0, 0.1) is 0 Å². The molecular formula is C20H26N2O5. The molecule has 0 bridgehead atoms. The molecule has 7 nitrogen and oxygen atoms in total. The smallest absolute Gasteiger partial charge is 0.410 e. The summed E-state index contributed by atoms with van der Waals surface area (Å²) in [6.45, 7) is 6.91. The average Bonchev–Trinajstić information content (AvgIpc) is 2.93. The second-order valence-corrected chi connectivity index (χ2v) is 7.97. The molecule has 0 aromatic heterocycles. The molecule has 0 saturated carbocycles. The molecule has 3 rings (SSSR count). The number of likely N-dealkylation sites (tertiary alicyclic amines) is 1. The van der Waals surface area contributed by atoms with Gasteiger partial charge in [-0.15, -0.1) is 0 Å². The summed E-state index contributed by atoms with van der Waals surface area (Å²) in [7, 11) is 0. The standard InChI is InChI=1S/C20H26N2O5/c1-20(2,3)27-19(25)21-10-8-17(9-11-21)26-16-6-4-14(5-7-16)22-13-15(23)12-18(22)24/h4-7,17H,8-13H2,1-3H3. The van der Waals surface area contributed by atoms with Crippen LogP contribution in [0.15, 0.2) is 24.3 Å². The number of piperidine rings is 1. The summed E-state index contributed by atoms with van der Waals surface area (Å²) in [4.78, 5) is 38.5. The number of benzene rings is 1. The third kappa shape index (κ3) is 4.99. The molecule has 0 spiro atoms. The highest BCUT2D eigenvalue weighted by molar-refractivity contribution is 6.15. The van der Waals surface area contributed by atoms with Crippen molar-refractivity contribution < 1.29 is 23.9 Å². The number of carbonyl (C=O) groups is 3. The van der Waals surface area contributed by atoms with E-state index in [9.17, 15) is 14.4 Å². The number of Topliss-reactive ketones (excluding diaryl/α,β-unsaturated/α-hetero) is 1. The van der Waals surface area contributed by atoms with Crippen molar-refractivity contribution in [3.8, 4) is 5.75 Å². The van der Waals surface area contributed by atoms with Gasteiger partial charge in [0, 0.05) is 31.6 Å². The second kappa shape index (κ2) is 7.58. The van der Waals surface area contributed by atoms with Gasteiger partial charge in [-0.2, -0.15) is 0 Å². The number of amides is 2. The van der Waals surface area contributed by atoms with Crippen molar-refractivity contribution in [1.29, 1.82) is 0 Å². The lowest BCUT2D eigenvalue weighted by Crippen LogP contribution is -2.44. The van der Waals surface area contributed by atoms with E-state index < -0.39 is 5.60 Å². The van der Waals surface area contributed by atoms with E-state index in [-0.39, 0.29) is 36.9 Å². The van der Waals surface area contributed by atoms with Gasteiger partial charge in [-0.3, -0.25) is 9.59 Å². The summed E-state index contributed by atoms with van der Waals surface area (Å²) in [6.07, 6.45) is 1.20. The van der Waals surface area contributed by atoms with Gasteiger partial charge in [0.05, 0.1) is 13.0 Å². The number of hydrogen-bond acceptors (Lipinski definition) is 5. The SMILES string of the molecule is CC(C)(C)OC(=O)N1CCC(Oc2ccc(N3CC(=O)CC3=O)cc2)CC1. The Morgan fingerprint density at radius 1 is 1.07 bits per heavy atom. The van der Waals surface area contributed by atoms with Gasteiger partial charge in [0.15, 0.2) is 5.78 Å². The minimum absolute atomic E-state index is 0.0194. The first-order valence-corrected chi connectivity index (χ1v) is 9.28. The van der Waals surface area contributed by atoms with Crippen molar-refractivity contribution in [2.45, 2.75) is 51.7 Å². The Bertz CT molecular complexity index is 715. The highest BCUT2D eigenvalue weighted by Crippen LogP contribution is 2.25. The van der Waals surface area contributed by atoms with Gasteiger partial charge in [-0.1, -0.05) is 0 Å². The van der Waals surface area contributed by atoms with Crippen molar-refractivity contribution in [3.63, 3.8) is 0 Å². The Labute approximate surface area is 159 Å². The Morgan fingerprint density at radius 2 is 1.70 bits per heavy atom. The van der Waals surface area contributed by atoms with Gasteiger partial charge in [-0.05, 0) is 45.0 Å². The molecule has 0 aliphatic carbocycles. The van der Waals surface area contributed by atoms with Crippen LogP contribution in [0.25, 0.3) is 0 Å². The van der Waals surface area contributed by atoms with E-state index in [2.05, 4.69) is 0 Å². The van der Waals surface area contributed by atoms with Crippen molar-refractivity contribution in [3.05, 3.63) is 24.3 Å². The zero-order chi connectivity index (χ0) is 19.6. The number of rotatable bonds is 3. The molecule has 2 saturated heterocycles. The van der Waals surface area contributed by atoms with E-state index in [0.29, 0.717) is 24.5 Å². The van der Waals surface area contributed by atoms with Crippen LogP contribution in [0.5, 0.6) is 5.75 Å². The van der Waals surface area contributed by atoms with Crippen molar-refractivity contribution in [2.24, 2.45) is 0 Å². The minimum Gasteiger partial charge on any atom is -0.490 e. The lowest BCUT2D eigenvalue weighted by Gasteiger charge is -2.33. The molecule has 1 aromatic rings. The monoisotopic (exact) mass is 374 g/mol. The number of hydrogen-bond donors (Lipinski definition) is 0. The number of ketones is 1. The van der Waals surface area contributed by atoms with Crippen LogP contribution in [-0.4, -0.2) is 54.0 Å². The van der Waals surface area contributed by atoms with E-state index >= 15 is 0 Å². The number of carbonyl (C=O) groups excluding carboxylic acids is 3. The molecule has 1 aromatic carbocycles. The van der Waals surface area contributed by atoms with Gasteiger partial charge in [-0.25, -0.2) is 4.79 Å². The molecule has 2 amide bonds. The highest BCUT2D eigenvalue weighted by atomic mass is 16.6. The highest BCUT2D eigenvalue weighted by Gasteiger charge is 2.29. The fraction of sp³-hybridized carbons (Fsp3) is 0.550. The van der Waals surface area contributed by atoms with Crippen molar-refractivity contribution in [2.75, 3.05) is 24.5 Å². The summed E-state index contributed by atoms with van der Waals surface area (Å²) in [5.74, 6) is 0.493. The summed E-state index contributed by atoms with van der Waals surface area (Å²) in [5, 5.41) is 0. The maximum atomic E-state index is 12.1. The number of nitrogens with zero attached hydrogens (tertiary/aromatic N) is 2. The number of anilines is 1. The molecule has 27 heavy (non-hydrogen) atoms. The minimum atomic E-state index is -0.493. The maximum absolute atomic E-state index is 12.1. The topological polar surface area (TPSA) is 76.2 Å². The predicted octanol–water partition coefficient (Wildman–Crippen LogP) is 2.77. The van der Waals surface area contributed by atoms with E-state index in [4.69, 9.17) is 9.47 Å². The normalized spacial score (nSPS) is 18.8. The molecule has 2 aliphatic heterocycles. The lowest BCUT2D eigenvalue weighted by atomic mass is 10.1. The van der Waals surface area contributed by atoms with Crippen LogP contribution in [0.3, 0.4) is 0 Å². The van der Waals surface area contributed by atoms with Gasteiger partial charge >= 0.3 is 6.09 Å². The third-order valence-corrected chi connectivity index (χ3v) is 4.53. The molecule has 7 heteroatoms. The van der Waals surface area contributed by atoms with Crippen LogP contribution < -0.4 is 9.64 Å². The second-order valence-electron chi connectivity index (χ2n) is 7.97. The summed E-state index contributed by atoms with van der Waals surface area (Å²) >= 11 is 0. The van der Waals surface area contributed by atoms with E-state index in [1.807, 2.05) is 32.9 Å². The molecular weight excluding hydrogens is 348 g/mol. The summed E-state index contributed by atoms with van der Waals surface area (Å²) < 4.78 is 11.4. The molecule has 0 atom stereocenters. The Morgan fingerprint density at radius 3 is 2.22 bits per heavy atom. The lowest BCUT2D eigenvalue weighted by molar-refractivity contribution is -0.121. The summed E-state index contributed by atoms with van der Waals surface area (Å²) in [6, 6.07) is 7.21. The van der Waals surface area contributed by atoms with Crippen LogP contribution in [-0.2, 0) is 14.3 Å². The first-order chi connectivity index (χ1) is 12.7. The first-order valence-electron chi connectivity index (χ1n) is 9.28. The quantitative estimate of drug-likeness (QED) is 0.761. The molecule has 146 valence electrons. The van der Waals surface area contributed by atoms with Gasteiger partial charge in [0.1, 0.15) is 17.5 Å². The number of ether oxygens (including phenoxy) is 2. The Balaban J connectivity index is 1.50. The fourth-order valence-electron chi connectivity index (χ4n) is 3.20. The van der Waals surface area contributed by atoms with Crippen molar-refractivity contribution in [1.82, 2.24) is 4.90 Å². The molecule has 0 unspecified atom stereocenters. The van der Waals surface area contributed by atoms with E-state index in [0.717, 1.165) is 12.8 Å². The van der Waals surface area contributed by atoms with Gasteiger partial charge in [0.25, 0.3) is 0 Å². The molecule has 2 heterocycles. The predicted molar refractivity (Wildman–Crippen MR) is 99.9 cm³/mol. The van der Waals surface area contributed by atoms with Gasteiger partial charge < -0.3 is 19.3 Å². The Kier molecular flexibility index (Phi) is 5.39. The molecule has 0 N–H and O–H groups in total. The first kappa shape index (κ1) is 19.2. The zero-order valence-electron chi connectivity index (χ0n) is 16.1. The average molecular weight is 374 g/mol. The van der Waals surface area contributed by atoms with Crippen LogP contribution in [0.4, 0.5) is 10.5 Å².